The Balaban J connectivity index is 0.00000272. The molecule has 0 radical (unpaired) electrons. The summed E-state index contributed by atoms with van der Waals surface area (Å²) in [5.74, 6) is 0.719. The van der Waals surface area contributed by atoms with E-state index in [2.05, 4.69) is 21.9 Å². The van der Waals surface area contributed by atoms with Gasteiger partial charge in [0.15, 0.2) is 0 Å². The summed E-state index contributed by atoms with van der Waals surface area (Å²) in [6.45, 7) is 8.84. The molecular weight excluding hydrogens is 453 g/mol. The van der Waals surface area contributed by atoms with E-state index in [1.165, 1.54) is 25.9 Å². The molecule has 3 saturated heterocycles. The number of hydrogen-bond donors (Lipinski definition) is 0. The van der Waals surface area contributed by atoms with Crippen molar-refractivity contribution in [2.75, 3.05) is 37.6 Å². The average Bonchev–Trinajstić information content (AvgIpc) is 2.75. The molecule has 31 heavy (non-hydrogen) atoms. The summed E-state index contributed by atoms with van der Waals surface area (Å²) in [6.07, 6.45) is 2.43. The number of fused-ring (bicyclic) bond motifs is 3. The largest absolute Gasteiger partial charge is 0.339 e. The van der Waals surface area contributed by atoms with Gasteiger partial charge in [0.25, 0.3) is 5.91 Å². The van der Waals surface area contributed by atoms with Gasteiger partial charge in [-0.15, -0.1) is 12.4 Å². The van der Waals surface area contributed by atoms with E-state index in [9.17, 15) is 4.79 Å². The number of benzene rings is 2. The van der Waals surface area contributed by atoms with Crippen LogP contribution in [-0.2, 0) is 0 Å². The molecule has 2 aromatic carbocycles. The van der Waals surface area contributed by atoms with Crippen molar-refractivity contribution in [2.24, 2.45) is 5.92 Å². The third kappa shape index (κ3) is 5.14. The van der Waals surface area contributed by atoms with Crippen molar-refractivity contribution in [3.8, 4) is 0 Å². The van der Waals surface area contributed by atoms with Gasteiger partial charge in [0.05, 0.1) is 0 Å². The van der Waals surface area contributed by atoms with E-state index < -0.39 is 0 Å². The highest BCUT2D eigenvalue weighted by Crippen LogP contribution is 2.39. The van der Waals surface area contributed by atoms with Gasteiger partial charge in [0.2, 0.25) is 0 Å². The van der Waals surface area contributed by atoms with Gasteiger partial charge in [-0.25, -0.2) is 0 Å². The molecule has 0 saturated carbocycles. The van der Waals surface area contributed by atoms with Crippen LogP contribution in [0.5, 0.6) is 0 Å². The van der Waals surface area contributed by atoms with E-state index in [0.717, 1.165) is 23.5 Å². The Morgan fingerprint density at radius 1 is 0.968 bits per heavy atom. The Labute approximate surface area is 201 Å². The van der Waals surface area contributed by atoms with Gasteiger partial charge in [-0.05, 0) is 88.2 Å². The number of amides is 1. The Morgan fingerprint density at radius 2 is 1.55 bits per heavy atom. The lowest BCUT2D eigenvalue weighted by Gasteiger charge is -2.50. The molecule has 3 aliphatic rings. The summed E-state index contributed by atoms with van der Waals surface area (Å²) in [4.78, 5) is 19.5. The van der Waals surface area contributed by atoms with E-state index in [1.54, 1.807) is 6.07 Å². The average molecular weight is 483 g/mol. The highest BCUT2D eigenvalue weighted by Gasteiger charge is 2.38. The number of carbonyl (C=O) groups excluding carboxylic acids is 1. The number of rotatable bonds is 6. The normalized spacial score (nSPS) is 22.0. The van der Waals surface area contributed by atoms with Gasteiger partial charge in [0, 0.05) is 52.7 Å². The van der Waals surface area contributed by atoms with Crippen LogP contribution in [0.1, 0.15) is 37.0 Å². The van der Waals surface area contributed by atoms with Crippen molar-refractivity contribution < 1.29 is 4.79 Å². The van der Waals surface area contributed by atoms with Crippen LogP contribution in [0.3, 0.4) is 0 Å². The quantitative estimate of drug-likeness (QED) is 0.495. The number of piperidine rings is 3. The van der Waals surface area contributed by atoms with Crippen molar-refractivity contribution in [1.29, 1.82) is 0 Å². The van der Waals surface area contributed by atoms with E-state index in [1.807, 2.05) is 43.0 Å². The maximum Gasteiger partial charge on any atom is 0.253 e. The van der Waals surface area contributed by atoms with Gasteiger partial charge < -0.3 is 14.7 Å². The summed E-state index contributed by atoms with van der Waals surface area (Å²) >= 11 is 12.7. The molecule has 168 valence electrons. The van der Waals surface area contributed by atoms with Gasteiger partial charge in [-0.1, -0.05) is 23.2 Å². The highest BCUT2D eigenvalue weighted by molar-refractivity contribution is 6.35. The maximum atomic E-state index is 12.7. The molecule has 3 aliphatic heterocycles. The lowest BCUT2D eigenvalue weighted by Crippen LogP contribution is -2.56. The molecule has 2 bridgehead atoms. The number of carbonyl (C=O) groups is 1. The Morgan fingerprint density at radius 3 is 2.03 bits per heavy atom. The zero-order chi connectivity index (χ0) is 21.3. The molecule has 0 N–H and O–H groups in total. The Bertz CT molecular complexity index is 873. The first-order valence-electron chi connectivity index (χ1n) is 10.9. The van der Waals surface area contributed by atoms with Crippen LogP contribution < -0.4 is 4.90 Å². The van der Waals surface area contributed by atoms with Crippen LogP contribution in [0.2, 0.25) is 10.0 Å². The van der Waals surface area contributed by atoms with Crippen LogP contribution in [0.15, 0.2) is 42.5 Å². The minimum Gasteiger partial charge on any atom is -0.339 e. The molecule has 0 aromatic heterocycles. The highest BCUT2D eigenvalue weighted by atomic mass is 35.5. The van der Waals surface area contributed by atoms with Crippen LogP contribution in [0.4, 0.5) is 11.4 Å². The topological polar surface area (TPSA) is 26.8 Å². The third-order valence-electron chi connectivity index (χ3n) is 6.52. The van der Waals surface area contributed by atoms with E-state index in [4.69, 9.17) is 23.2 Å². The van der Waals surface area contributed by atoms with E-state index >= 15 is 0 Å². The van der Waals surface area contributed by atoms with Crippen molar-refractivity contribution in [2.45, 2.75) is 32.7 Å². The Kier molecular flexibility index (Phi) is 8.14. The Hall–Kier alpha value is -1.46. The first kappa shape index (κ1) is 24.2. The molecule has 3 heterocycles. The number of halogens is 3. The maximum absolute atomic E-state index is 12.7. The molecule has 1 amide bonds. The molecule has 5 rings (SSSR count). The summed E-state index contributed by atoms with van der Waals surface area (Å²) in [6, 6.07) is 14.1. The smallest absolute Gasteiger partial charge is 0.253 e. The molecule has 4 nitrogen and oxygen atoms in total. The fourth-order valence-corrected chi connectivity index (χ4v) is 5.41. The van der Waals surface area contributed by atoms with Gasteiger partial charge in [0.1, 0.15) is 0 Å². The zero-order valence-electron chi connectivity index (χ0n) is 18.1. The SMILES string of the molecule is CCN(CC)C(=O)c1ccc(N(c2cc(Cl)cc(Cl)c2)C2CN3CCC2CC3)cc1.Cl. The van der Waals surface area contributed by atoms with Crippen LogP contribution in [0.25, 0.3) is 0 Å². The first-order chi connectivity index (χ1) is 14.5. The second kappa shape index (κ2) is 10.4. The molecular formula is C24H30Cl3N3O. The van der Waals surface area contributed by atoms with E-state index in [0.29, 0.717) is 35.1 Å². The third-order valence-corrected chi connectivity index (χ3v) is 6.96. The monoisotopic (exact) mass is 481 g/mol. The summed E-state index contributed by atoms with van der Waals surface area (Å²) in [5.41, 5.74) is 2.80. The van der Waals surface area contributed by atoms with E-state index in [-0.39, 0.29) is 18.3 Å². The second-order valence-corrected chi connectivity index (χ2v) is 9.10. The predicted octanol–water partition coefficient (Wildman–Crippen LogP) is 6.13. The molecule has 0 spiro atoms. The van der Waals surface area contributed by atoms with Crippen LogP contribution in [0, 0.1) is 5.92 Å². The fourth-order valence-electron chi connectivity index (χ4n) is 4.89. The van der Waals surface area contributed by atoms with Gasteiger partial charge >= 0.3 is 0 Å². The number of anilines is 2. The van der Waals surface area contributed by atoms with Crippen LogP contribution >= 0.6 is 35.6 Å². The molecule has 3 fully saturated rings. The fraction of sp³-hybridized carbons (Fsp3) is 0.458. The summed E-state index contributed by atoms with van der Waals surface area (Å²) < 4.78 is 0. The summed E-state index contributed by atoms with van der Waals surface area (Å²) in [5, 5.41) is 1.27. The summed E-state index contributed by atoms with van der Waals surface area (Å²) in [7, 11) is 0. The number of nitrogens with zero attached hydrogens (tertiary/aromatic N) is 3. The van der Waals surface area contributed by atoms with Crippen LogP contribution in [-0.4, -0.2) is 54.5 Å². The molecule has 0 aliphatic carbocycles. The zero-order valence-corrected chi connectivity index (χ0v) is 20.4. The molecule has 2 aromatic rings. The predicted molar refractivity (Wildman–Crippen MR) is 132 cm³/mol. The van der Waals surface area contributed by atoms with Crippen molar-refractivity contribution >= 4 is 52.9 Å². The standard InChI is InChI=1S/C24H29Cl2N3O.ClH/c1-3-28(4-2)24(30)18-5-7-21(8-6-18)29(22-14-19(25)13-20(26)15-22)23-16-27-11-9-17(23)10-12-27;/h5-8,13-15,17,23H,3-4,9-12,16H2,1-2H3;1H. The van der Waals surface area contributed by atoms with Crippen molar-refractivity contribution in [3.63, 3.8) is 0 Å². The molecule has 1 unspecified atom stereocenters. The molecule has 7 heteroatoms. The lowest BCUT2D eigenvalue weighted by molar-refractivity contribution is 0.0773. The minimum atomic E-state index is 0. The number of hydrogen-bond acceptors (Lipinski definition) is 3. The van der Waals surface area contributed by atoms with Gasteiger partial charge in [-0.3, -0.25) is 4.79 Å². The minimum absolute atomic E-state index is 0. The second-order valence-electron chi connectivity index (χ2n) is 8.23. The lowest BCUT2D eigenvalue weighted by atomic mass is 9.82. The van der Waals surface area contributed by atoms with Crippen molar-refractivity contribution in [3.05, 3.63) is 58.1 Å². The van der Waals surface area contributed by atoms with Crippen molar-refractivity contribution in [1.82, 2.24) is 9.80 Å². The van der Waals surface area contributed by atoms with Gasteiger partial charge in [-0.2, -0.15) is 0 Å². The first-order valence-corrected chi connectivity index (χ1v) is 11.6. The molecule has 1 atom stereocenters.